The molecule has 4 rings (SSSR count). The summed E-state index contributed by atoms with van der Waals surface area (Å²) in [5.41, 5.74) is 4.36. The Labute approximate surface area is 172 Å². The van der Waals surface area contributed by atoms with Crippen molar-refractivity contribution in [2.45, 2.75) is 30.8 Å². The van der Waals surface area contributed by atoms with Crippen molar-refractivity contribution in [1.29, 1.82) is 0 Å². The third-order valence-corrected chi connectivity index (χ3v) is 7.65. The highest BCUT2D eigenvalue weighted by molar-refractivity contribution is 7.89. The van der Waals surface area contributed by atoms with Crippen molar-refractivity contribution in [1.82, 2.24) is 9.29 Å². The smallest absolute Gasteiger partial charge is 0.243 e. The molecule has 0 fully saturated rings. The number of fused-ring (bicyclic) bond motifs is 1. The van der Waals surface area contributed by atoms with Crippen LogP contribution in [-0.4, -0.2) is 31.3 Å². The first kappa shape index (κ1) is 19.6. The van der Waals surface area contributed by atoms with Crippen LogP contribution < -0.4 is 4.90 Å². The molecule has 29 heavy (non-hydrogen) atoms. The average Bonchev–Trinajstić information content (AvgIpc) is 2.78. The minimum absolute atomic E-state index is 0.245. The number of aromatic nitrogens is 1. The monoisotopic (exact) mass is 407 g/mol. The van der Waals surface area contributed by atoms with Crippen LogP contribution in [0.3, 0.4) is 0 Å². The van der Waals surface area contributed by atoms with Crippen LogP contribution in [0.5, 0.6) is 0 Å². The second kappa shape index (κ2) is 7.97. The van der Waals surface area contributed by atoms with Crippen LogP contribution >= 0.6 is 0 Å². The molecule has 1 aromatic heterocycles. The minimum Gasteiger partial charge on any atom is -0.367 e. The van der Waals surface area contributed by atoms with E-state index < -0.39 is 10.0 Å². The van der Waals surface area contributed by atoms with E-state index in [2.05, 4.69) is 9.88 Å². The highest BCUT2D eigenvalue weighted by Crippen LogP contribution is 2.29. The Hall–Kier alpha value is -2.70. The van der Waals surface area contributed by atoms with Gasteiger partial charge in [-0.25, -0.2) is 8.42 Å². The van der Waals surface area contributed by atoms with Crippen molar-refractivity contribution in [3.05, 3.63) is 89.7 Å². The first-order valence-electron chi connectivity index (χ1n) is 9.76. The molecular formula is C23H25N3O2S. The fraction of sp³-hybridized carbons (Fsp3) is 0.261. The highest BCUT2D eigenvalue weighted by atomic mass is 32.2. The Balaban J connectivity index is 1.61. The zero-order chi connectivity index (χ0) is 20.4. The molecule has 2 heterocycles. The SMILES string of the molecule is C[C@@H](c1ccccc1)N(C)S(=O)(=O)c1ccc2c(c1)CN(c1ccncc1)CC2. The Morgan fingerprint density at radius 3 is 2.45 bits per heavy atom. The van der Waals surface area contributed by atoms with Crippen LogP contribution in [0.1, 0.15) is 29.7 Å². The largest absolute Gasteiger partial charge is 0.367 e. The number of hydrogen-bond donors (Lipinski definition) is 0. The molecule has 1 aliphatic rings. The lowest BCUT2D eigenvalue weighted by Crippen LogP contribution is -2.32. The molecule has 2 aromatic carbocycles. The van der Waals surface area contributed by atoms with Gasteiger partial charge in [0.05, 0.1) is 4.90 Å². The molecule has 1 atom stereocenters. The second-order valence-electron chi connectivity index (χ2n) is 7.42. The third kappa shape index (κ3) is 3.91. The van der Waals surface area contributed by atoms with E-state index in [0.29, 0.717) is 11.4 Å². The van der Waals surface area contributed by atoms with Gasteiger partial charge in [0.25, 0.3) is 0 Å². The lowest BCUT2D eigenvalue weighted by Gasteiger charge is -2.31. The van der Waals surface area contributed by atoms with Gasteiger partial charge < -0.3 is 4.90 Å². The maximum Gasteiger partial charge on any atom is 0.243 e. The summed E-state index contributed by atoms with van der Waals surface area (Å²) in [6.45, 7) is 3.52. The van der Waals surface area contributed by atoms with Crippen molar-refractivity contribution in [3.8, 4) is 0 Å². The van der Waals surface area contributed by atoms with E-state index in [1.165, 1.54) is 9.87 Å². The zero-order valence-electron chi connectivity index (χ0n) is 16.7. The van der Waals surface area contributed by atoms with Crippen molar-refractivity contribution in [2.75, 3.05) is 18.5 Å². The van der Waals surface area contributed by atoms with Gasteiger partial charge in [0.2, 0.25) is 10.0 Å². The van der Waals surface area contributed by atoms with E-state index in [-0.39, 0.29) is 6.04 Å². The van der Waals surface area contributed by atoms with E-state index in [0.717, 1.165) is 29.8 Å². The quantitative estimate of drug-likeness (QED) is 0.641. The topological polar surface area (TPSA) is 53.5 Å². The summed E-state index contributed by atoms with van der Waals surface area (Å²) in [5.74, 6) is 0. The predicted molar refractivity (Wildman–Crippen MR) is 115 cm³/mol. The molecule has 0 spiro atoms. The molecule has 3 aromatic rings. The van der Waals surface area contributed by atoms with Crippen LogP contribution in [0.2, 0.25) is 0 Å². The Morgan fingerprint density at radius 2 is 1.72 bits per heavy atom. The van der Waals surface area contributed by atoms with Crippen molar-refractivity contribution < 1.29 is 8.42 Å². The number of hydrogen-bond acceptors (Lipinski definition) is 4. The van der Waals surface area contributed by atoms with Gasteiger partial charge in [0.15, 0.2) is 0 Å². The lowest BCUT2D eigenvalue weighted by atomic mass is 9.99. The van der Waals surface area contributed by atoms with E-state index in [4.69, 9.17) is 0 Å². The van der Waals surface area contributed by atoms with Crippen molar-refractivity contribution in [3.63, 3.8) is 0 Å². The molecule has 0 amide bonds. The Morgan fingerprint density at radius 1 is 1.00 bits per heavy atom. The van der Waals surface area contributed by atoms with Gasteiger partial charge in [-0.05, 0) is 54.3 Å². The van der Waals surface area contributed by atoms with Gasteiger partial charge in [-0.3, -0.25) is 4.98 Å². The van der Waals surface area contributed by atoms with Crippen LogP contribution in [0.15, 0.2) is 78.0 Å². The maximum absolute atomic E-state index is 13.3. The molecule has 5 nitrogen and oxygen atoms in total. The average molecular weight is 408 g/mol. The van der Waals surface area contributed by atoms with E-state index in [1.807, 2.05) is 61.5 Å². The molecule has 0 saturated heterocycles. The zero-order valence-corrected chi connectivity index (χ0v) is 17.5. The number of nitrogens with zero attached hydrogens (tertiary/aromatic N) is 3. The summed E-state index contributed by atoms with van der Waals surface area (Å²) in [7, 11) is -1.95. The van der Waals surface area contributed by atoms with Crippen molar-refractivity contribution in [2.24, 2.45) is 0 Å². The number of anilines is 1. The molecule has 0 radical (unpaired) electrons. The highest BCUT2D eigenvalue weighted by Gasteiger charge is 2.28. The van der Waals surface area contributed by atoms with Gasteiger partial charge in [0.1, 0.15) is 0 Å². The number of benzene rings is 2. The minimum atomic E-state index is -3.60. The molecule has 1 aliphatic heterocycles. The summed E-state index contributed by atoms with van der Waals surface area (Å²) < 4.78 is 28.0. The standard InChI is InChI=1S/C23H25N3O2S/c1-18(19-6-4-3-5-7-19)25(2)29(27,28)23-9-8-20-12-15-26(17-21(20)16-23)22-10-13-24-14-11-22/h3-11,13-14,16,18H,12,15,17H2,1-2H3/t18-/m0/s1. The van der Waals surface area contributed by atoms with E-state index >= 15 is 0 Å². The molecule has 0 saturated carbocycles. The molecule has 0 bridgehead atoms. The van der Waals surface area contributed by atoms with Crippen LogP contribution in [0.25, 0.3) is 0 Å². The Kier molecular flexibility index (Phi) is 5.39. The molecule has 0 unspecified atom stereocenters. The fourth-order valence-corrected chi connectivity index (χ4v) is 5.19. The molecular weight excluding hydrogens is 382 g/mol. The third-order valence-electron chi connectivity index (χ3n) is 5.72. The summed E-state index contributed by atoms with van der Waals surface area (Å²) >= 11 is 0. The predicted octanol–water partition coefficient (Wildman–Crippen LogP) is 4.03. The lowest BCUT2D eigenvalue weighted by molar-refractivity contribution is 0.398. The summed E-state index contributed by atoms with van der Waals surface area (Å²) in [4.78, 5) is 6.69. The van der Waals surface area contributed by atoms with Gasteiger partial charge >= 0.3 is 0 Å². The van der Waals surface area contributed by atoms with Gasteiger partial charge in [-0.15, -0.1) is 0 Å². The van der Waals surface area contributed by atoms with Crippen LogP contribution in [0.4, 0.5) is 5.69 Å². The number of pyridine rings is 1. The Bertz CT molecular complexity index is 1090. The van der Waals surface area contributed by atoms with Crippen molar-refractivity contribution >= 4 is 15.7 Å². The number of sulfonamides is 1. The number of rotatable bonds is 5. The summed E-state index contributed by atoms with van der Waals surface area (Å²) in [5, 5.41) is 0. The van der Waals surface area contributed by atoms with Crippen LogP contribution in [-0.2, 0) is 23.0 Å². The van der Waals surface area contributed by atoms with Gasteiger partial charge in [0, 0.05) is 44.3 Å². The summed E-state index contributed by atoms with van der Waals surface area (Å²) in [6, 6.07) is 19.0. The first-order chi connectivity index (χ1) is 14.0. The molecule has 150 valence electrons. The van der Waals surface area contributed by atoms with E-state index in [9.17, 15) is 8.42 Å². The van der Waals surface area contributed by atoms with Gasteiger partial charge in [-0.1, -0.05) is 36.4 Å². The van der Waals surface area contributed by atoms with Crippen LogP contribution in [0, 0.1) is 0 Å². The molecule has 0 aliphatic carbocycles. The molecule has 6 heteroatoms. The normalized spacial score (nSPS) is 15.2. The maximum atomic E-state index is 13.3. The summed E-state index contributed by atoms with van der Waals surface area (Å²) in [6.07, 6.45) is 4.46. The van der Waals surface area contributed by atoms with Gasteiger partial charge in [-0.2, -0.15) is 4.31 Å². The first-order valence-corrected chi connectivity index (χ1v) is 11.2. The second-order valence-corrected chi connectivity index (χ2v) is 9.41. The molecule has 0 N–H and O–H groups in total. The van der Waals surface area contributed by atoms with E-state index in [1.54, 1.807) is 25.5 Å². The fourth-order valence-electron chi connectivity index (χ4n) is 3.79.